The van der Waals surface area contributed by atoms with Crippen molar-refractivity contribution < 1.29 is 8.42 Å². The molecule has 2 rings (SSSR count). The molecule has 0 amide bonds. The summed E-state index contributed by atoms with van der Waals surface area (Å²) in [5.41, 5.74) is 0.633. The molecular formula is C12H11Cl2N3O2S. The Hall–Kier alpha value is -1.50. The van der Waals surface area contributed by atoms with Crippen LogP contribution in [0.2, 0.25) is 10.0 Å². The Morgan fingerprint density at radius 1 is 1.15 bits per heavy atom. The molecular weight excluding hydrogens is 321 g/mol. The van der Waals surface area contributed by atoms with Gasteiger partial charge in [-0.2, -0.15) is 8.42 Å². The van der Waals surface area contributed by atoms with E-state index < -0.39 is 10.0 Å². The van der Waals surface area contributed by atoms with Crippen LogP contribution in [0, 0.1) is 0 Å². The standard InChI is InChI=1S/C12H11Cl2N3O2S/c1-15-11-3-2-6-16-12(11)20(18,19)17-10-5-4-8(13)7-9(10)14/h2-7,15,17H,1H3. The SMILES string of the molecule is CNc1cccnc1S(=O)(=O)Nc1ccc(Cl)cc1Cl. The molecule has 0 fully saturated rings. The Labute approximate surface area is 127 Å². The summed E-state index contributed by atoms with van der Waals surface area (Å²) < 4.78 is 27.0. The summed E-state index contributed by atoms with van der Waals surface area (Å²) in [6.45, 7) is 0. The highest BCUT2D eigenvalue weighted by Crippen LogP contribution is 2.28. The molecule has 0 radical (unpaired) electrons. The molecule has 0 spiro atoms. The summed E-state index contributed by atoms with van der Waals surface area (Å²) in [4.78, 5) is 3.88. The minimum Gasteiger partial charge on any atom is -0.386 e. The predicted molar refractivity (Wildman–Crippen MR) is 81.1 cm³/mol. The molecule has 2 N–H and O–H groups in total. The number of anilines is 2. The fourth-order valence-corrected chi connectivity index (χ4v) is 3.30. The molecule has 106 valence electrons. The van der Waals surface area contributed by atoms with Gasteiger partial charge < -0.3 is 5.32 Å². The lowest BCUT2D eigenvalue weighted by atomic mass is 10.3. The normalized spacial score (nSPS) is 11.2. The minimum absolute atomic E-state index is 0.103. The van der Waals surface area contributed by atoms with E-state index in [1.165, 1.54) is 18.3 Å². The van der Waals surface area contributed by atoms with Crippen LogP contribution < -0.4 is 10.0 Å². The lowest BCUT2D eigenvalue weighted by Crippen LogP contribution is -2.16. The highest BCUT2D eigenvalue weighted by molar-refractivity contribution is 7.92. The third-order valence-corrected chi connectivity index (χ3v) is 4.34. The van der Waals surface area contributed by atoms with Crippen LogP contribution in [0.5, 0.6) is 0 Å². The summed E-state index contributed by atoms with van der Waals surface area (Å²) in [7, 11) is -2.23. The molecule has 0 aliphatic rings. The summed E-state index contributed by atoms with van der Waals surface area (Å²) in [5.74, 6) is 0. The lowest BCUT2D eigenvalue weighted by Gasteiger charge is -2.11. The van der Waals surface area contributed by atoms with E-state index in [2.05, 4.69) is 15.0 Å². The Morgan fingerprint density at radius 3 is 2.55 bits per heavy atom. The van der Waals surface area contributed by atoms with Gasteiger partial charge in [0.25, 0.3) is 10.0 Å². The van der Waals surface area contributed by atoms with Gasteiger partial charge in [0.05, 0.1) is 16.4 Å². The number of halogens is 2. The smallest absolute Gasteiger partial charge is 0.281 e. The molecule has 0 unspecified atom stereocenters. The summed E-state index contributed by atoms with van der Waals surface area (Å²) in [6, 6.07) is 7.75. The number of benzene rings is 1. The largest absolute Gasteiger partial charge is 0.386 e. The van der Waals surface area contributed by atoms with E-state index in [0.29, 0.717) is 10.7 Å². The van der Waals surface area contributed by atoms with Crippen molar-refractivity contribution in [1.82, 2.24) is 4.98 Å². The van der Waals surface area contributed by atoms with Crippen LogP contribution in [0.25, 0.3) is 0 Å². The van der Waals surface area contributed by atoms with Gasteiger partial charge >= 0.3 is 0 Å². The molecule has 1 aromatic carbocycles. The van der Waals surface area contributed by atoms with Crippen LogP contribution in [0.1, 0.15) is 0 Å². The first kappa shape index (κ1) is 14.9. The number of nitrogens with one attached hydrogen (secondary N) is 2. The lowest BCUT2D eigenvalue weighted by molar-refractivity contribution is 0.598. The Balaban J connectivity index is 2.41. The molecule has 20 heavy (non-hydrogen) atoms. The maximum Gasteiger partial charge on any atom is 0.281 e. The number of pyridine rings is 1. The van der Waals surface area contributed by atoms with Gasteiger partial charge in [-0.1, -0.05) is 23.2 Å². The van der Waals surface area contributed by atoms with E-state index in [0.717, 1.165) is 0 Å². The van der Waals surface area contributed by atoms with Gasteiger partial charge in [0.1, 0.15) is 0 Å². The van der Waals surface area contributed by atoms with Crippen molar-refractivity contribution in [2.75, 3.05) is 17.1 Å². The summed E-state index contributed by atoms with van der Waals surface area (Å²) in [5, 5.41) is 3.31. The van der Waals surface area contributed by atoms with Gasteiger partial charge in [0.15, 0.2) is 5.03 Å². The first-order valence-electron chi connectivity index (χ1n) is 5.54. The molecule has 0 saturated carbocycles. The molecule has 0 saturated heterocycles. The van der Waals surface area contributed by atoms with Crippen molar-refractivity contribution in [3.05, 3.63) is 46.6 Å². The van der Waals surface area contributed by atoms with E-state index >= 15 is 0 Å². The van der Waals surface area contributed by atoms with Crippen molar-refractivity contribution in [2.24, 2.45) is 0 Å². The Bertz CT molecular complexity index is 735. The van der Waals surface area contributed by atoms with E-state index in [-0.39, 0.29) is 15.7 Å². The summed E-state index contributed by atoms with van der Waals surface area (Å²) in [6.07, 6.45) is 1.40. The van der Waals surface area contributed by atoms with Crippen molar-refractivity contribution in [2.45, 2.75) is 5.03 Å². The number of aromatic nitrogens is 1. The molecule has 0 aliphatic heterocycles. The zero-order valence-electron chi connectivity index (χ0n) is 10.4. The number of hydrogen-bond donors (Lipinski definition) is 2. The molecule has 8 heteroatoms. The molecule has 2 aromatic rings. The average molecular weight is 332 g/mol. The van der Waals surface area contributed by atoms with E-state index in [1.807, 2.05) is 0 Å². The number of rotatable bonds is 4. The molecule has 0 bridgehead atoms. The quantitative estimate of drug-likeness (QED) is 0.902. The van der Waals surface area contributed by atoms with Gasteiger partial charge in [-0.25, -0.2) is 4.98 Å². The topological polar surface area (TPSA) is 71.1 Å². The zero-order valence-corrected chi connectivity index (χ0v) is 12.7. The van der Waals surface area contributed by atoms with Gasteiger partial charge in [-0.15, -0.1) is 0 Å². The van der Waals surface area contributed by atoms with E-state index in [1.54, 1.807) is 25.2 Å². The number of nitrogens with zero attached hydrogens (tertiary/aromatic N) is 1. The van der Waals surface area contributed by atoms with Crippen molar-refractivity contribution in [3.63, 3.8) is 0 Å². The maximum absolute atomic E-state index is 12.3. The molecule has 0 atom stereocenters. The van der Waals surface area contributed by atoms with Crippen LogP contribution in [0.4, 0.5) is 11.4 Å². The highest BCUT2D eigenvalue weighted by atomic mass is 35.5. The van der Waals surface area contributed by atoms with Gasteiger partial charge in [-0.3, -0.25) is 4.72 Å². The Morgan fingerprint density at radius 2 is 1.90 bits per heavy atom. The van der Waals surface area contributed by atoms with Crippen molar-refractivity contribution >= 4 is 44.6 Å². The van der Waals surface area contributed by atoms with Crippen molar-refractivity contribution in [1.29, 1.82) is 0 Å². The van der Waals surface area contributed by atoms with Crippen LogP contribution in [-0.2, 0) is 10.0 Å². The second-order valence-electron chi connectivity index (χ2n) is 3.84. The van der Waals surface area contributed by atoms with Gasteiger partial charge in [0.2, 0.25) is 0 Å². The van der Waals surface area contributed by atoms with Crippen LogP contribution in [0.3, 0.4) is 0 Å². The van der Waals surface area contributed by atoms with Crippen LogP contribution in [0.15, 0.2) is 41.6 Å². The number of sulfonamides is 1. The monoisotopic (exact) mass is 331 g/mol. The first-order chi connectivity index (χ1) is 9.44. The van der Waals surface area contributed by atoms with Gasteiger partial charge in [0, 0.05) is 18.3 Å². The van der Waals surface area contributed by atoms with Crippen LogP contribution >= 0.6 is 23.2 Å². The second kappa shape index (κ2) is 5.87. The summed E-state index contributed by atoms with van der Waals surface area (Å²) >= 11 is 11.7. The first-order valence-corrected chi connectivity index (χ1v) is 7.78. The van der Waals surface area contributed by atoms with Crippen LogP contribution in [-0.4, -0.2) is 20.4 Å². The fourth-order valence-electron chi connectivity index (χ4n) is 1.56. The zero-order chi connectivity index (χ0) is 14.8. The second-order valence-corrected chi connectivity index (χ2v) is 6.28. The average Bonchev–Trinajstić information content (AvgIpc) is 2.42. The maximum atomic E-state index is 12.3. The highest BCUT2D eigenvalue weighted by Gasteiger charge is 2.20. The molecule has 0 aliphatic carbocycles. The molecule has 5 nitrogen and oxygen atoms in total. The third kappa shape index (κ3) is 3.15. The van der Waals surface area contributed by atoms with E-state index in [4.69, 9.17) is 23.2 Å². The molecule has 1 heterocycles. The fraction of sp³-hybridized carbons (Fsp3) is 0.0833. The number of hydrogen-bond acceptors (Lipinski definition) is 4. The third-order valence-electron chi connectivity index (χ3n) is 2.47. The predicted octanol–water partition coefficient (Wildman–Crippen LogP) is 3.23. The van der Waals surface area contributed by atoms with Gasteiger partial charge in [-0.05, 0) is 30.3 Å². The minimum atomic E-state index is -3.84. The van der Waals surface area contributed by atoms with Crippen molar-refractivity contribution in [3.8, 4) is 0 Å². The van der Waals surface area contributed by atoms with E-state index in [9.17, 15) is 8.42 Å². The Kier molecular flexibility index (Phi) is 4.37. The molecule has 1 aromatic heterocycles.